The van der Waals surface area contributed by atoms with E-state index in [-0.39, 0.29) is 11.3 Å². The molecule has 2 aliphatic heterocycles. The maximum atomic E-state index is 12.7. The predicted molar refractivity (Wildman–Crippen MR) is 82.7 cm³/mol. The molecule has 1 spiro atoms. The van der Waals surface area contributed by atoms with Crippen molar-refractivity contribution in [3.8, 4) is 0 Å². The van der Waals surface area contributed by atoms with Crippen LogP contribution in [-0.4, -0.2) is 55.8 Å². The number of methoxy groups -OCH3 is 1. The molecule has 120 valence electrons. The molecule has 0 aliphatic carbocycles. The number of hydrogen-bond acceptors (Lipinski definition) is 4. The highest BCUT2D eigenvalue weighted by Gasteiger charge is 2.48. The third kappa shape index (κ3) is 2.88. The first-order chi connectivity index (χ1) is 10.6. The Morgan fingerprint density at radius 2 is 2.23 bits per heavy atom. The van der Waals surface area contributed by atoms with Gasteiger partial charge in [0, 0.05) is 51.2 Å². The minimum Gasteiger partial charge on any atom is -0.384 e. The molecule has 0 radical (unpaired) electrons. The Labute approximate surface area is 131 Å². The third-order valence-corrected chi connectivity index (χ3v) is 5.11. The SMILES string of the molecule is COCC1CN(C(=O)c2ccc(C)nc2)CC12CCOCC2. The van der Waals surface area contributed by atoms with E-state index in [9.17, 15) is 4.79 Å². The first-order valence-electron chi connectivity index (χ1n) is 7.93. The second kappa shape index (κ2) is 6.34. The van der Waals surface area contributed by atoms with E-state index in [1.807, 2.05) is 24.0 Å². The summed E-state index contributed by atoms with van der Waals surface area (Å²) in [7, 11) is 1.74. The second-order valence-electron chi connectivity index (χ2n) is 6.50. The van der Waals surface area contributed by atoms with Crippen LogP contribution in [0.3, 0.4) is 0 Å². The van der Waals surface area contributed by atoms with Crippen molar-refractivity contribution in [1.82, 2.24) is 9.88 Å². The Balaban J connectivity index is 1.77. The van der Waals surface area contributed by atoms with Crippen molar-refractivity contribution in [1.29, 1.82) is 0 Å². The highest BCUT2D eigenvalue weighted by Crippen LogP contribution is 2.44. The van der Waals surface area contributed by atoms with Gasteiger partial charge in [-0.25, -0.2) is 0 Å². The molecule has 0 aromatic carbocycles. The quantitative estimate of drug-likeness (QED) is 0.856. The number of nitrogens with zero attached hydrogens (tertiary/aromatic N) is 2. The van der Waals surface area contributed by atoms with Crippen molar-refractivity contribution < 1.29 is 14.3 Å². The number of aromatic nitrogens is 1. The maximum absolute atomic E-state index is 12.7. The minimum absolute atomic E-state index is 0.0805. The number of pyridine rings is 1. The van der Waals surface area contributed by atoms with Crippen LogP contribution < -0.4 is 0 Å². The molecule has 1 unspecified atom stereocenters. The van der Waals surface area contributed by atoms with Crippen molar-refractivity contribution in [2.24, 2.45) is 11.3 Å². The summed E-state index contributed by atoms with van der Waals surface area (Å²) in [5.41, 5.74) is 1.75. The Hall–Kier alpha value is -1.46. The monoisotopic (exact) mass is 304 g/mol. The Morgan fingerprint density at radius 3 is 2.86 bits per heavy atom. The number of carbonyl (C=O) groups is 1. The van der Waals surface area contributed by atoms with E-state index in [4.69, 9.17) is 9.47 Å². The molecule has 2 fully saturated rings. The van der Waals surface area contributed by atoms with Crippen LogP contribution in [0.15, 0.2) is 18.3 Å². The summed E-state index contributed by atoms with van der Waals surface area (Å²) >= 11 is 0. The van der Waals surface area contributed by atoms with Gasteiger partial charge in [-0.05, 0) is 37.3 Å². The van der Waals surface area contributed by atoms with Gasteiger partial charge in [0.1, 0.15) is 0 Å². The van der Waals surface area contributed by atoms with Crippen molar-refractivity contribution in [2.75, 3.05) is 40.0 Å². The predicted octanol–water partition coefficient (Wildman–Crippen LogP) is 1.91. The summed E-state index contributed by atoms with van der Waals surface area (Å²) in [6, 6.07) is 3.76. The zero-order valence-corrected chi connectivity index (χ0v) is 13.4. The van der Waals surface area contributed by atoms with E-state index in [2.05, 4.69) is 4.98 Å². The molecule has 3 rings (SSSR count). The van der Waals surface area contributed by atoms with Gasteiger partial charge in [-0.1, -0.05) is 0 Å². The minimum atomic E-state index is 0.0805. The van der Waals surface area contributed by atoms with E-state index in [0.717, 1.165) is 44.8 Å². The van der Waals surface area contributed by atoms with Gasteiger partial charge in [-0.3, -0.25) is 9.78 Å². The lowest BCUT2D eigenvalue weighted by molar-refractivity contribution is -0.0169. The standard InChI is InChI=1S/C17H24N2O3/c1-13-3-4-14(9-18-13)16(20)19-10-15(11-21-2)17(12-19)5-7-22-8-6-17/h3-4,9,15H,5-8,10-12H2,1-2H3. The average Bonchev–Trinajstić information content (AvgIpc) is 2.87. The molecule has 1 aromatic rings. The Kier molecular flexibility index (Phi) is 4.45. The highest BCUT2D eigenvalue weighted by molar-refractivity contribution is 5.94. The van der Waals surface area contributed by atoms with Gasteiger partial charge >= 0.3 is 0 Å². The van der Waals surface area contributed by atoms with Crippen molar-refractivity contribution in [3.05, 3.63) is 29.6 Å². The van der Waals surface area contributed by atoms with Crippen LogP contribution in [0.2, 0.25) is 0 Å². The fourth-order valence-electron chi connectivity index (χ4n) is 3.74. The van der Waals surface area contributed by atoms with Crippen LogP contribution >= 0.6 is 0 Å². The molecule has 3 heterocycles. The number of likely N-dealkylation sites (tertiary alicyclic amines) is 1. The van der Waals surface area contributed by atoms with Gasteiger partial charge in [0.25, 0.3) is 5.91 Å². The molecule has 2 saturated heterocycles. The summed E-state index contributed by atoms with van der Waals surface area (Å²) in [5, 5.41) is 0. The number of rotatable bonds is 3. The lowest BCUT2D eigenvalue weighted by Crippen LogP contribution is -2.39. The Morgan fingerprint density at radius 1 is 1.45 bits per heavy atom. The molecule has 5 heteroatoms. The molecule has 1 amide bonds. The van der Waals surface area contributed by atoms with Gasteiger partial charge in [-0.2, -0.15) is 0 Å². The van der Waals surface area contributed by atoms with Crippen LogP contribution in [0.25, 0.3) is 0 Å². The fourth-order valence-corrected chi connectivity index (χ4v) is 3.74. The summed E-state index contributed by atoms with van der Waals surface area (Å²) in [6.07, 6.45) is 3.70. The van der Waals surface area contributed by atoms with Gasteiger partial charge in [0.2, 0.25) is 0 Å². The Bertz CT molecular complexity index is 523. The van der Waals surface area contributed by atoms with Gasteiger partial charge in [-0.15, -0.1) is 0 Å². The molecule has 0 N–H and O–H groups in total. The molecular formula is C17H24N2O3. The highest BCUT2D eigenvalue weighted by atomic mass is 16.5. The third-order valence-electron chi connectivity index (χ3n) is 5.11. The molecule has 1 aromatic heterocycles. The smallest absolute Gasteiger partial charge is 0.255 e. The molecule has 22 heavy (non-hydrogen) atoms. The largest absolute Gasteiger partial charge is 0.384 e. The molecule has 5 nitrogen and oxygen atoms in total. The molecular weight excluding hydrogens is 280 g/mol. The van der Waals surface area contributed by atoms with E-state index < -0.39 is 0 Å². The average molecular weight is 304 g/mol. The number of aryl methyl sites for hydroxylation is 1. The van der Waals surface area contributed by atoms with Crippen molar-refractivity contribution in [3.63, 3.8) is 0 Å². The zero-order chi connectivity index (χ0) is 15.6. The number of ether oxygens (including phenoxy) is 2. The number of amides is 1. The van der Waals surface area contributed by atoms with E-state index in [1.54, 1.807) is 13.3 Å². The molecule has 0 bridgehead atoms. The fraction of sp³-hybridized carbons (Fsp3) is 0.647. The van der Waals surface area contributed by atoms with Gasteiger partial charge in [0.15, 0.2) is 0 Å². The van der Waals surface area contributed by atoms with Crippen molar-refractivity contribution in [2.45, 2.75) is 19.8 Å². The second-order valence-corrected chi connectivity index (χ2v) is 6.50. The van der Waals surface area contributed by atoms with Crippen LogP contribution in [0, 0.1) is 18.3 Å². The summed E-state index contributed by atoms with van der Waals surface area (Å²) in [5.74, 6) is 0.473. The molecule has 2 aliphatic rings. The molecule has 1 atom stereocenters. The van der Waals surface area contributed by atoms with Crippen LogP contribution in [0.5, 0.6) is 0 Å². The van der Waals surface area contributed by atoms with E-state index in [0.29, 0.717) is 18.1 Å². The summed E-state index contributed by atoms with van der Waals surface area (Å²) < 4.78 is 10.9. The zero-order valence-electron chi connectivity index (χ0n) is 13.4. The maximum Gasteiger partial charge on any atom is 0.255 e. The van der Waals surface area contributed by atoms with E-state index in [1.165, 1.54) is 0 Å². The first-order valence-corrected chi connectivity index (χ1v) is 7.93. The topological polar surface area (TPSA) is 51.7 Å². The van der Waals surface area contributed by atoms with Crippen molar-refractivity contribution >= 4 is 5.91 Å². The lowest BCUT2D eigenvalue weighted by Gasteiger charge is -2.37. The van der Waals surface area contributed by atoms with Crippen LogP contribution in [-0.2, 0) is 9.47 Å². The van der Waals surface area contributed by atoms with Gasteiger partial charge < -0.3 is 14.4 Å². The molecule has 0 saturated carbocycles. The van der Waals surface area contributed by atoms with Gasteiger partial charge in [0.05, 0.1) is 12.2 Å². The van der Waals surface area contributed by atoms with Crippen LogP contribution in [0.1, 0.15) is 28.9 Å². The lowest BCUT2D eigenvalue weighted by atomic mass is 9.72. The van der Waals surface area contributed by atoms with E-state index >= 15 is 0 Å². The normalized spacial score (nSPS) is 23.9. The first kappa shape index (κ1) is 15.4. The summed E-state index contributed by atoms with van der Waals surface area (Å²) in [4.78, 5) is 19.0. The number of carbonyl (C=O) groups excluding carboxylic acids is 1. The summed E-state index contributed by atoms with van der Waals surface area (Å²) in [6.45, 7) is 5.77. The number of hydrogen-bond donors (Lipinski definition) is 0. The van der Waals surface area contributed by atoms with Crippen LogP contribution in [0.4, 0.5) is 0 Å².